The van der Waals surface area contributed by atoms with Crippen LogP contribution in [0.4, 0.5) is 0 Å². The van der Waals surface area contributed by atoms with E-state index in [0.717, 1.165) is 18.3 Å². The molecule has 98 valence electrons. The molecule has 2 nitrogen and oxygen atoms in total. The van der Waals surface area contributed by atoms with Gasteiger partial charge in [-0.15, -0.1) is 0 Å². The molecule has 0 aromatic heterocycles. The van der Waals surface area contributed by atoms with Crippen molar-refractivity contribution in [3.8, 4) is 0 Å². The first kappa shape index (κ1) is 13.5. The maximum atomic E-state index is 10.6. The molecule has 19 heavy (non-hydrogen) atoms. The average Bonchev–Trinajstić information content (AvgIpc) is 2.49. The van der Waals surface area contributed by atoms with Crippen LogP contribution in [0.2, 0.25) is 0 Å². The van der Waals surface area contributed by atoms with Crippen LogP contribution in [0.15, 0.2) is 54.6 Å². The molecular formula is C17H18O2. The van der Waals surface area contributed by atoms with Gasteiger partial charge in [-0.05, 0) is 17.5 Å². The molecule has 0 spiro atoms. The van der Waals surface area contributed by atoms with Crippen molar-refractivity contribution in [1.29, 1.82) is 0 Å². The van der Waals surface area contributed by atoms with Crippen LogP contribution in [0, 0.1) is 0 Å². The topological polar surface area (TPSA) is 26.3 Å². The summed E-state index contributed by atoms with van der Waals surface area (Å²) >= 11 is 0. The second-order valence-corrected chi connectivity index (χ2v) is 4.48. The summed E-state index contributed by atoms with van der Waals surface area (Å²) in [6, 6.07) is 17.7. The van der Waals surface area contributed by atoms with E-state index in [-0.39, 0.29) is 6.10 Å². The minimum Gasteiger partial charge on any atom is -0.369 e. The average molecular weight is 254 g/mol. The van der Waals surface area contributed by atoms with Gasteiger partial charge in [0.1, 0.15) is 6.29 Å². The Labute approximate surface area is 114 Å². The maximum Gasteiger partial charge on any atom is 0.150 e. The van der Waals surface area contributed by atoms with Crippen molar-refractivity contribution in [2.45, 2.75) is 26.1 Å². The van der Waals surface area contributed by atoms with Gasteiger partial charge < -0.3 is 4.74 Å². The Hall–Kier alpha value is -1.93. The monoisotopic (exact) mass is 254 g/mol. The Balaban J connectivity index is 2.01. The highest BCUT2D eigenvalue weighted by atomic mass is 16.5. The van der Waals surface area contributed by atoms with Gasteiger partial charge in [0.05, 0.1) is 12.7 Å². The van der Waals surface area contributed by atoms with E-state index in [9.17, 15) is 4.79 Å². The van der Waals surface area contributed by atoms with Crippen molar-refractivity contribution < 1.29 is 9.53 Å². The van der Waals surface area contributed by atoms with Crippen LogP contribution in [-0.4, -0.2) is 6.29 Å². The smallest absolute Gasteiger partial charge is 0.150 e. The normalized spacial score (nSPS) is 12.1. The Morgan fingerprint density at radius 3 is 2.32 bits per heavy atom. The molecule has 0 aliphatic carbocycles. The minimum atomic E-state index is 0.0703. The standard InChI is InChI=1S/C17H18O2/c1-2-17(16-10-8-14(12-18)9-11-16)19-13-15-6-4-3-5-7-15/h3-12,17H,2,13H2,1H3. The molecule has 0 heterocycles. The lowest BCUT2D eigenvalue weighted by Gasteiger charge is -2.16. The fourth-order valence-electron chi connectivity index (χ4n) is 2.01. The molecule has 1 atom stereocenters. The molecule has 0 fully saturated rings. The van der Waals surface area contributed by atoms with Crippen LogP contribution in [0.1, 0.15) is 40.9 Å². The summed E-state index contributed by atoms with van der Waals surface area (Å²) in [6.45, 7) is 2.71. The number of hydrogen-bond donors (Lipinski definition) is 0. The van der Waals surface area contributed by atoms with Gasteiger partial charge in [-0.3, -0.25) is 4.79 Å². The summed E-state index contributed by atoms with van der Waals surface area (Å²) < 4.78 is 5.95. The molecule has 0 saturated heterocycles. The number of hydrogen-bond acceptors (Lipinski definition) is 2. The van der Waals surface area contributed by atoms with Crippen LogP contribution in [0.5, 0.6) is 0 Å². The van der Waals surface area contributed by atoms with E-state index >= 15 is 0 Å². The van der Waals surface area contributed by atoms with Gasteiger partial charge in [0.25, 0.3) is 0 Å². The van der Waals surface area contributed by atoms with E-state index in [0.29, 0.717) is 12.2 Å². The molecule has 0 amide bonds. The van der Waals surface area contributed by atoms with E-state index in [2.05, 4.69) is 19.1 Å². The lowest BCUT2D eigenvalue weighted by molar-refractivity contribution is 0.0371. The summed E-state index contributed by atoms with van der Waals surface area (Å²) in [4.78, 5) is 10.6. The first-order valence-electron chi connectivity index (χ1n) is 6.54. The maximum absolute atomic E-state index is 10.6. The number of rotatable bonds is 6. The second-order valence-electron chi connectivity index (χ2n) is 4.48. The summed E-state index contributed by atoms with van der Waals surface area (Å²) in [6.07, 6.45) is 1.84. The van der Waals surface area contributed by atoms with Gasteiger partial charge in [-0.2, -0.15) is 0 Å². The van der Waals surface area contributed by atoms with E-state index in [4.69, 9.17) is 4.74 Å². The molecule has 0 aliphatic heterocycles. The molecule has 0 N–H and O–H groups in total. The molecule has 0 radical (unpaired) electrons. The fourth-order valence-corrected chi connectivity index (χ4v) is 2.01. The largest absolute Gasteiger partial charge is 0.369 e. The summed E-state index contributed by atoms with van der Waals surface area (Å²) in [5.74, 6) is 0. The molecule has 0 saturated carbocycles. The fraction of sp³-hybridized carbons (Fsp3) is 0.235. The molecular weight excluding hydrogens is 236 g/mol. The number of carbonyl (C=O) groups is 1. The van der Waals surface area contributed by atoms with E-state index in [1.54, 1.807) is 0 Å². The molecule has 0 aliphatic rings. The van der Waals surface area contributed by atoms with Crippen molar-refractivity contribution in [1.82, 2.24) is 0 Å². The van der Waals surface area contributed by atoms with Crippen molar-refractivity contribution in [2.75, 3.05) is 0 Å². The van der Waals surface area contributed by atoms with Crippen molar-refractivity contribution in [2.24, 2.45) is 0 Å². The highest BCUT2D eigenvalue weighted by molar-refractivity contribution is 5.74. The zero-order chi connectivity index (χ0) is 13.5. The van der Waals surface area contributed by atoms with Gasteiger partial charge in [0.2, 0.25) is 0 Å². The number of benzene rings is 2. The lowest BCUT2D eigenvalue weighted by atomic mass is 10.1. The van der Waals surface area contributed by atoms with Gasteiger partial charge >= 0.3 is 0 Å². The molecule has 0 bridgehead atoms. The highest BCUT2D eigenvalue weighted by Gasteiger charge is 2.09. The van der Waals surface area contributed by atoms with Crippen LogP contribution in [-0.2, 0) is 11.3 Å². The van der Waals surface area contributed by atoms with E-state index < -0.39 is 0 Å². The first-order chi connectivity index (χ1) is 9.33. The Bertz CT molecular complexity index is 503. The van der Waals surface area contributed by atoms with Crippen LogP contribution in [0.25, 0.3) is 0 Å². The third-order valence-corrected chi connectivity index (χ3v) is 3.11. The second kappa shape index (κ2) is 6.86. The van der Waals surface area contributed by atoms with E-state index in [1.807, 2.05) is 42.5 Å². The number of ether oxygens (including phenoxy) is 1. The van der Waals surface area contributed by atoms with E-state index in [1.165, 1.54) is 5.56 Å². The summed E-state index contributed by atoms with van der Waals surface area (Å²) in [5.41, 5.74) is 2.98. The summed E-state index contributed by atoms with van der Waals surface area (Å²) in [7, 11) is 0. The Morgan fingerprint density at radius 1 is 1.05 bits per heavy atom. The van der Waals surface area contributed by atoms with Crippen molar-refractivity contribution >= 4 is 6.29 Å². The highest BCUT2D eigenvalue weighted by Crippen LogP contribution is 2.22. The van der Waals surface area contributed by atoms with Gasteiger partial charge in [0, 0.05) is 5.56 Å². The van der Waals surface area contributed by atoms with Crippen LogP contribution in [0.3, 0.4) is 0 Å². The predicted octanol–water partition coefficient (Wildman–Crippen LogP) is 4.17. The Kier molecular flexibility index (Phi) is 4.87. The SMILES string of the molecule is CCC(OCc1ccccc1)c1ccc(C=O)cc1. The van der Waals surface area contributed by atoms with Crippen molar-refractivity contribution in [3.05, 3.63) is 71.3 Å². The molecule has 2 heteroatoms. The molecule has 2 rings (SSSR count). The minimum absolute atomic E-state index is 0.0703. The summed E-state index contributed by atoms with van der Waals surface area (Å²) in [5, 5.41) is 0. The zero-order valence-electron chi connectivity index (χ0n) is 11.1. The Morgan fingerprint density at radius 2 is 1.74 bits per heavy atom. The predicted molar refractivity (Wildman–Crippen MR) is 76.1 cm³/mol. The molecule has 2 aromatic carbocycles. The third-order valence-electron chi connectivity index (χ3n) is 3.11. The first-order valence-corrected chi connectivity index (χ1v) is 6.54. The van der Waals surface area contributed by atoms with Crippen LogP contribution < -0.4 is 0 Å². The molecule has 1 unspecified atom stereocenters. The lowest BCUT2D eigenvalue weighted by Crippen LogP contribution is -2.03. The van der Waals surface area contributed by atoms with Gasteiger partial charge in [-0.25, -0.2) is 0 Å². The van der Waals surface area contributed by atoms with Gasteiger partial charge in [0.15, 0.2) is 0 Å². The number of aldehydes is 1. The van der Waals surface area contributed by atoms with Gasteiger partial charge in [-0.1, -0.05) is 61.5 Å². The molecule has 2 aromatic rings. The third kappa shape index (κ3) is 3.76. The quantitative estimate of drug-likeness (QED) is 0.723. The van der Waals surface area contributed by atoms with Crippen molar-refractivity contribution in [3.63, 3.8) is 0 Å². The van der Waals surface area contributed by atoms with Crippen LogP contribution >= 0.6 is 0 Å². The number of carbonyl (C=O) groups excluding carboxylic acids is 1. The zero-order valence-corrected chi connectivity index (χ0v) is 11.1.